The number of hydrogen-bond acceptors (Lipinski definition) is 4. The van der Waals surface area contributed by atoms with Crippen LogP contribution in [0.3, 0.4) is 0 Å². The Bertz CT molecular complexity index is 999. The molecule has 1 aromatic carbocycles. The van der Waals surface area contributed by atoms with E-state index in [4.69, 9.17) is 0 Å². The van der Waals surface area contributed by atoms with Crippen molar-refractivity contribution >= 4 is 16.9 Å². The lowest BCUT2D eigenvalue weighted by molar-refractivity contribution is 0.746. The van der Waals surface area contributed by atoms with Crippen molar-refractivity contribution in [1.29, 1.82) is 0 Å². The van der Waals surface area contributed by atoms with Crippen molar-refractivity contribution in [1.82, 2.24) is 24.3 Å². The lowest BCUT2D eigenvalue weighted by Crippen LogP contribution is -2.08. The van der Waals surface area contributed by atoms with Gasteiger partial charge in [0.2, 0.25) is 0 Å². The third-order valence-corrected chi connectivity index (χ3v) is 4.12. The molecule has 126 valence electrons. The predicted octanol–water partition coefficient (Wildman–Crippen LogP) is 3.13. The van der Waals surface area contributed by atoms with Gasteiger partial charge in [-0.1, -0.05) is 30.3 Å². The minimum Gasteiger partial charge on any atom is -0.362 e. The molecule has 0 aliphatic carbocycles. The van der Waals surface area contributed by atoms with E-state index in [0.717, 1.165) is 34.9 Å². The summed E-state index contributed by atoms with van der Waals surface area (Å²) in [6.07, 6.45) is 4.01. The summed E-state index contributed by atoms with van der Waals surface area (Å²) >= 11 is 0. The number of anilines is 1. The number of nitrogens with zero attached hydrogens (tertiary/aromatic N) is 5. The molecule has 0 atom stereocenters. The van der Waals surface area contributed by atoms with E-state index in [0.29, 0.717) is 6.54 Å². The Morgan fingerprint density at radius 3 is 2.60 bits per heavy atom. The Kier molecular flexibility index (Phi) is 3.93. The van der Waals surface area contributed by atoms with Crippen molar-refractivity contribution in [3.63, 3.8) is 0 Å². The topological polar surface area (TPSA) is 60.6 Å². The lowest BCUT2D eigenvalue weighted by atomic mass is 10.2. The van der Waals surface area contributed by atoms with Crippen LogP contribution >= 0.6 is 0 Å². The largest absolute Gasteiger partial charge is 0.362 e. The SMILES string of the molecule is Cc1nc(NCc2ccn(C)n2)c2c(ccn2Cc2ccccc2)n1. The van der Waals surface area contributed by atoms with Gasteiger partial charge < -0.3 is 9.88 Å². The molecule has 3 aromatic heterocycles. The monoisotopic (exact) mass is 332 g/mol. The summed E-state index contributed by atoms with van der Waals surface area (Å²) in [5.41, 5.74) is 4.20. The predicted molar refractivity (Wildman–Crippen MR) is 98.3 cm³/mol. The molecule has 6 heteroatoms. The smallest absolute Gasteiger partial charge is 0.154 e. The minimum absolute atomic E-state index is 0.628. The molecule has 1 N–H and O–H groups in total. The number of hydrogen-bond donors (Lipinski definition) is 1. The van der Waals surface area contributed by atoms with Crippen molar-refractivity contribution in [2.45, 2.75) is 20.0 Å². The molecular weight excluding hydrogens is 312 g/mol. The summed E-state index contributed by atoms with van der Waals surface area (Å²) in [5.74, 6) is 1.60. The molecule has 0 radical (unpaired) electrons. The zero-order chi connectivity index (χ0) is 17.2. The van der Waals surface area contributed by atoms with Gasteiger partial charge in [-0.2, -0.15) is 5.10 Å². The highest BCUT2D eigenvalue weighted by Crippen LogP contribution is 2.23. The second kappa shape index (κ2) is 6.39. The maximum Gasteiger partial charge on any atom is 0.154 e. The first kappa shape index (κ1) is 15.4. The number of aromatic nitrogens is 5. The van der Waals surface area contributed by atoms with Crippen molar-refractivity contribution in [3.05, 3.63) is 71.9 Å². The Morgan fingerprint density at radius 2 is 1.84 bits per heavy atom. The van der Waals surface area contributed by atoms with Crippen LogP contribution in [0.25, 0.3) is 11.0 Å². The molecule has 0 saturated heterocycles. The molecule has 25 heavy (non-hydrogen) atoms. The second-order valence-corrected chi connectivity index (χ2v) is 6.12. The molecule has 0 bridgehead atoms. The lowest BCUT2D eigenvalue weighted by Gasteiger charge is -2.11. The zero-order valence-corrected chi connectivity index (χ0v) is 14.3. The molecule has 0 aliphatic heterocycles. The van der Waals surface area contributed by atoms with E-state index >= 15 is 0 Å². The average molecular weight is 332 g/mol. The quantitative estimate of drug-likeness (QED) is 0.610. The molecule has 0 amide bonds. The van der Waals surface area contributed by atoms with E-state index in [2.05, 4.69) is 55.4 Å². The summed E-state index contributed by atoms with van der Waals surface area (Å²) in [6, 6.07) is 14.4. The molecule has 0 unspecified atom stereocenters. The molecular formula is C19H20N6. The van der Waals surface area contributed by atoms with Gasteiger partial charge in [0.1, 0.15) is 11.3 Å². The molecule has 6 nitrogen and oxygen atoms in total. The van der Waals surface area contributed by atoms with Crippen LogP contribution < -0.4 is 5.32 Å². The molecule has 4 rings (SSSR count). The standard InChI is InChI=1S/C19H20N6/c1-14-21-17-9-11-25(13-15-6-4-3-5-7-15)18(17)19(22-14)20-12-16-8-10-24(2)23-16/h3-11H,12-13H2,1-2H3,(H,20,21,22). The van der Waals surface area contributed by atoms with Gasteiger partial charge in [0, 0.05) is 26.0 Å². The van der Waals surface area contributed by atoms with Gasteiger partial charge in [-0.3, -0.25) is 4.68 Å². The normalized spacial score (nSPS) is 11.1. The number of aryl methyl sites for hydroxylation is 2. The van der Waals surface area contributed by atoms with Crippen molar-refractivity contribution in [2.24, 2.45) is 7.05 Å². The summed E-state index contributed by atoms with van der Waals surface area (Å²) in [7, 11) is 1.92. The van der Waals surface area contributed by atoms with Crippen molar-refractivity contribution in [3.8, 4) is 0 Å². The van der Waals surface area contributed by atoms with E-state index in [1.807, 2.05) is 38.4 Å². The molecule has 0 fully saturated rings. The minimum atomic E-state index is 0.628. The van der Waals surface area contributed by atoms with E-state index in [1.54, 1.807) is 4.68 Å². The number of nitrogens with one attached hydrogen (secondary N) is 1. The van der Waals surface area contributed by atoms with Gasteiger partial charge in [0.15, 0.2) is 5.82 Å². The summed E-state index contributed by atoms with van der Waals surface area (Å²) in [4.78, 5) is 9.19. The van der Waals surface area contributed by atoms with Crippen molar-refractivity contribution in [2.75, 3.05) is 5.32 Å². The van der Waals surface area contributed by atoms with Gasteiger partial charge in [-0.15, -0.1) is 0 Å². The first-order chi connectivity index (χ1) is 12.2. The van der Waals surface area contributed by atoms with E-state index in [9.17, 15) is 0 Å². The van der Waals surface area contributed by atoms with Gasteiger partial charge in [-0.05, 0) is 24.6 Å². The highest BCUT2D eigenvalue weighted by atomic mass is 15.3. The van der Waals surface area contributed by atoms with E-state index < -0.39 is 0 Å². The maximum atomic E-state index is 4.62. The van der Waals surface area contributed by atoms with Crippen LogP contribution in [0.15, 0.2) is 54.9 Å². The second-order valence-electron chi connectivity index (χ2n) is 6.12. The summed E-state index contributed by atoms with van der Waals surface area (Å²) in [6.45, 7) is 3.33. The van der Waals surface area contributed by atoms with Crippen LogP contribution in [-0.4, -0.2) is 24.3 Å². The van der Waals surface area contributed by atoms with Gasteiger partial charge in [0.05, 0.1) is 17.8 Å². The fourth-order valence-electron chi connectivity index (χ4n) is 2.99. The van der Waals surface area contributed by atoms with Gasteiger partial charge >= 0.3 is 0 Å². The van der Waals surface area contributed by atoms with Crippen molar-refractivity contribution < 1.29 is 0 Å². The third kappa shape index (κ3) is 3.24. The van der Waals surface area contributed by atoms with E-state index in [-0.39, 0.29) is 0 Å². The van der Waals surface area contributed by atoms with Crippen LogP contribution in [0, 0.1) is 6.92 Å². The number of rotatable bonds is 5. The highest BCUT2D eigenvalue weighted by molar-refractivity contribution is 5.86. The maximum absolute atomic E-state index is 4.62. The summed E-state index contributed by atoms with van der Waals surface area (Å²) in [5, 5.41) is 7.83. The molecule has 0 aliphatic rings. The van der Waals surface area contributed by atoms with Gasteiger partial charge in [0.25, 0.3) is 0 Å². The van der Waals surface area contributed by atoms with E-state index in [1.165, 1.54) is 5.56 Å². The summed E-state index contributed by atoms with van der Waals surface area (Å²) < 4.78 is 3.99. The Labute approximate surface area is 146 Å². The Morgan fingerprint density at radius 1 is 1.00 bits per heavy atom. The molecule has 3 heterocycles. The van der Waals surface area contributed by atoms with Crippen LogP contribution in [0.4, 0.5) is 5.82 Å². The Balaban J connectivity index is 1.68. The number of fused-ring (bicyclic) bond motifs is 1. The fraction of sp³-hybridized carbons (Fsp3) is 0.211. The fourth-order valence-corrected chi connectivity index (χ4v) is 2.99. The molecule has 0 saturated carbocycles. The zero-order valence-electron chi connectivity index (χ0n) is 14.3. The van der Waals surface area contributed by atoms with Gasteiger partial charge in [-0.25, -0.2) is 9.97 Å². The van der Waals surface area contributed by atoms with Crippen LogP contribution in [0.2, 0.25) is 0 Å². The molecule has 4 aromatic rings. The van der Waals surface area contributed by atoms with Crippen LogP contribution in [0.5, 0.6) is 0 Å². The highest BCUT2D eigenvalue weighted by Gasteiger charge is 2.11. The average Bonchev–Trinajstić information content (AvgIpc) is 3.20. The first-order valence-electron chi connectivity index (χ1n) is 8.29. The third-order valence-electron chi connectivity index (χ3n) is 4.12. The number of benzene rings is 1. The molecule has 0 spiro atoms. The van der Waals surface area contributed by atoms with Crippen LogP contribution in [-0.2, 0) is 20.1 Å². The Hall–Kier alpha value is -3.15. The first-order valence-corrected chi connectivity index (χ1v) is 8.29. The van der Waals surface area contributed by atoms with Crippen LogP contribution in [0.1, 0.15) is 17.1 Å².